The van der Waals surface area contributed by atoms with Gasteiger partial charge >= 0.3 is 0 Å². The summed E-state index contributed by atoms with van der Waals surface area (Å²) < 4.78 is 13.5. The first-order valence-corrected chi connectivity index (χ1v) is 18.9. The standard InChI is InChI=1S/C44H45N5O6/c1-24(2)35-42-49-36(40(52)45-23-29(27-13-7-5-8-14-27)28-15-9-6-10-16-28)38(55-42)44-30-17-11-12-18-32(30)47-43(44)54-34-20-19-26(21-31(34)44)22-33(39(51)48-35)46-41(53)37(50)25(3)4/h5-21,24-25,29,33,35,37,43,47,50H,22-23H2,1-4H3,(H,45,52)(H,46,53)(H,48,51)/t33-,35-,37-,43?,44-/m0/s1. The molecule has 1 unspecified atom stereocenters. The van der Waals surface area contributed by atoms with E-state index in [1.165, 1.54) is 0 Å². The van der Waals surface area contributed by atoms with Gasteiger partial charge in [-0.05, 0) is 46.2 Å². The molecule has 3 amide bonds. The van der Waals surface area contributed by atoms with E-state index in [9.17, 15) is 19.5 Å². The van der Waals surface area contributed by atoms with Crippen LogP contribution in [0.2, 0.25) is 0 Å². The molecule has 4 heterocycles. The van der Waals surface area contributed by atoms with E-state index in [2.05, 4.69) is 45.5 Å². The highest BCUT2D eigenvalue weighted by Gasteiger charge is 2.61. The largest absolute Gasteiger partial charge is 0.469 e. The fraction of sp³-hybridized carbons (Fsp3) is 0.318. The third-order valence-electron chi connectivity index (χ3n) is 11.0. The molecule has 11 nitrogen and oxygen atoms in total. The van der Waals surface area contributed by atoms with E-state index < -0.39 is 47.6 Å². The van der Waals surface area contributed by atoms with E-state index in [-0.39, 0.29) is 42.3 Å². The summed E-state index contributed by atoms with van der Waals surface area (Å²) >= 11 is 0. The number of benzene rings is 4. The Hall–Kier alpha value is -5.94. The highest BCUT2D eigenvalue weighted by Crippen LogP contribution is 2.58. The zero-order valence-electron chi connectivity index (χ0n) is 31.2. The highest BCUT2D eigenvalue weighted by atomic mass is 16.5. The first kappa shape index (κ1) is 36.1. The summed E-state index contributed by atoms with van der Waals surface area (Å²) in [6.07, 6.45) is -1.85. The normalized spacial score (nSPS) is 21.4. The lowest BCUT2D eigenvalue weighted by molar-refractivity contribution is -0.135. The van der Waals surface area contributed by atoms with Crippen LogP contribution in [0, 0.1) is 11.8 Å². The van der Waals surface area contributed by atoms with E-state index in [0.717, 1.165) is 33.5 Å². The molecule has 11 heteroatoms. The van der Waals surface area contributed by atoms with Crippen molar-refractivity contribution in [2.45, 2.75) is 69.9 Å². The van der Waals surface area contributed by atoms with E-state index in [1.54, 1.807) is 13.8 Å². The van der Waals surface area contributed by atoms with Crippen LogP contribution in [0.1, 0.15) is 89.6 Å². The Morgan fingerprint density at radius 3 is 2.24 bits per heavy atom. The van der Waals surface area contributed by atoms with Gasteiger partial charge < -0.3 is 35.5 Å². The lowest BCUT2D eigenvalue weighted by atomic mass is 9.72. The number of anilines is 1. The quantitative estimate of drug-likeness (QED) is 0.131. The molecule has 282 valence electrons. The Bertz CT molecular complexity index is 2200. The number of carbonyl (C=O) groups excluding carboxylic acids is 3. The maximum Gasteiger partial charge on any atom is 0.273 e. The van der Waals surface area contributed by atoms with E-state index in [0.29, 0.717) is 11.5 Å². The minimum absolute atomic E-state index is 0.0873. The number of fused-ring (bicyclic) bond motifs is 4. The molecule has 0 saturated carbocycles. The maximum atomic E-state index is 14.7. The van der Waals surface area contributed by atoms with Crippen LogP contribution in [0.4, 0.5) is 5.69 Å². The van der Waals surface area contributed by atoms with Crippen molar-refractivity contribution in [1.29, 1.82) is 0 Å². The second kappa shape index (κ2) is 14.4. The number of carbonyl (C=O) groups is 3. The van der Waals surface area contributed by atoms with Gasteiger partial charge in [0.25, 0.3) is 5.91 Å². The predicted molar refractivity (Wildman–Crippen MR) is 207 cm³/mol. The van der Waals surface area contributed by atoms with Gasteiger partial charge in [-0.15, -0.1) is 0 Å². The third kappa shape index (κ3) is 6.32. The molecule has 5 N–H and O–H groups in total. The van der Waals surface area contributed by atoms with Crippen LogP contribution in [-0.2, 0) is 21.4 Å². The number of oxazole rings is 1. The van der Waals surface area contributed by atoms with E-state index in [1.807, 2.05) is 92.7 Å². The predicted octanol–water partition coefficient (Wildman–Crippen LogP) is 5.59. The van der Waals surface area contributed by atoms with Crippen molar-refractivity contribution in [2.75, 3.05) is 11.9 Å². The van der Waals surface area contributed by atoms with Crippen molar-refractivity contribution in [3.63, 3.8) is 0 Å². The lowest BCUT2D eigenvalue weighted by Crippen LogP contribution is -2.52. The van der Waals surface area contributed by atoms with Crippen molar-refractivity contribution in [3.8, 4) is 5.75 Å². The number of para-hydroxylation sites is 1. The topological polar surface area (TPSA) is 155 Å². The molecule has 0 saturated heterocycles. The first-order valence-electron chi connectivity index (χ1n) is 18.9. The average molecular weight is 740 g/mol. The van der Waals surface area contributed by atoms with Crippen molar-refractivity contribution in [1.82, 2.24) is 20.9 Å². The van der Waals surface area contributed by atoms with Gasteiger partial charge in [0.2, 0.25) is 17.7 Å². The molecule has 5 atom stereocenters. The zero-order valence-corrected chi connectivity index (χ0v) is 31.2. The van der Waals surface area contributed by atoms with Crippen LogP contribution in [0.3, 0.4) is 0 Å². The van der Waals surface area contributed by atoms with Gasteiger partial charge in [0, 0.05) is 30.1 Å². The van der Waals surface area contributed by atoms with Gasteiger partial charge in [-0.25, -0.2) is 4.98 Å². The minimum Gasteiger partial charge on any atom is -0.469 e. The number of aliphatic hydroxyl groups excluding tert-OH is 1. The van der Waals surface area contributed by atoms with Crippen LogP contribution < -0.4 is 26.0 Å². The van der Waals surface area contributed by atoms with Gasteiger partial charge in [0.15, 0.2) is 17.7 Å². The Morgan fingerprint density at radius 2 is 1.56 bits per heavy atom. The molecule has 55 heavy (non-hydrogen) atoms. The number of amides is 3. The van der Waals surface area contributed by atoms with Gasteiger partial charge in [-0.1, -0.05) is 119 Å². The van der Waals surface area contributed by atoms with Crippen molar-refractivity contribution in [3.05, 3.63) is 148 Å². The Labute approximate surface area is 319 Å². The van der Waals surface area contributed by atoms with Crippen LogP contribution in [0.15, 0.2) is 108 Å². The zero-order chi connectivity index (χ0) is 38.4. The van der Waals surface area contributed by atoms with Crippen LogP contribution >= 0.6 is 0 Å². The fourth-order valence-corrected chi connectivity index (χ4v) is 8.09. The molecule has 4 bridgehead atoms. The summed E-state index contributed by atoms with van der Waals surface area (Å²) in [4.78, 5) is 47.0. The number of rotatable bonds is 9. The Balaban J connectivity index is 1.27. The molecule has 8 rings (SSSR count). The highest BCUT2D eigenvalue weighted by molar-refractivity contribution is 5.95. The molecule has 3 aliphatic heterocycles. The summed E-state index contributed by atoms with van der Waals surface area (Å²) in [5.74, 6) is -1.22. The Kier molecular flexibility index (Phi) is 9.42. The van der Waals surface area contributed by atoms with Crippen LogP contribution in [0.5, 0.6) is 5.75 Å². The average Bonchev–Trinajstić information content (AvgIpc) is 3.86. The molecule has 1 aromatic heterocycles. The van der Waals surface area contributed by atoms with Crippen LogP contribution in [-0.4, -0.2) is 52.7 Å². The molecule has 5 aromatic rings. The number of aromatic nitrogens is 1. The smallest absolute Gasteiger partial charge is 0.273 e. The summed E-state index contributed by atoms with van der Waals surface area (Å²) in [6, 6.07) is 31.8. The SMILES string of the molecule is CC(C)[C@H](O)C(=O)N[C@H]1Cc2ccc3c(c2)[C@@]2(c4ccccc4NC2O3)c2oc(nc2C(=O)NCC(c2ccccc2)c2ccccc2)[C@H](C(C)C)NC1=O. The van der Waals surface area contributed by atoms with E-state index >= 15 is 0 Å². The molecule has 0 radical (unpaired) electrons. The van der Waals surface area contributed by atoms with Gasteiger partial charge in [0.1, 0.15) is 29.4 Å². The van der Waals surface area contributed by atoms with E-state index in [4.69, 9.17) is 14.1 Å². The van der Waals surface area contributed by atoms with Crippen molar-refractivity contribution in [2.24, 2.45) is 11.8 Å². The number of nitrogens with one attached hydrogen (secondary N) is 4. The molecule has 1 spiro atoms. The molecule has 0 aliphatic carbocycles. The number of hydrogen-bond donors (Lipinski definition) is 5. The summed E-state index contributed by atoms with van der Waals surface area (Å²) in [5.41, 5.74) is 4.21. The summed E-state index contributed by atoms with van der Waals surface area (Å²) in [6.45, 7) is 7.61. The molecular weight excluding hydrogens is 695 g/mol. The lowest BCUT2D eigenvalue weighted by Gasteiger charge is -2.29. The van der Waals surface area contributed by atoms with Gasteiger partial charge in [-0.2, -0.15) is 0 Å². The Morgan fingerprint density at radius 1 is 0.891 bits per heavy atom. The number of ether oxygens (including phenoxy) is 1. The second-order valence-electron chi connectivity index (χ2n) is 15.3. The molecule has 0 fully saturated rings. The van der Waals surface area contributed by atoms with Gasteiger partial charge in [-0.3, -0.25) is 14.4 Å². The molecule has 3 aliphatic rings. The molecule has 4 aromatic carbocycles. The van der Waals surface area contributed by atoms with Crippen LogP contribution in [0.25, 0.3) is 0 Å². The van der Waals surface area contributed by atoms with Gasteiger partial charge in [0.05, 0.1) is 0 Å². The monoisotopic (exact) mass is 739 g/mol. The number of nitrogens with zero attached hydrogens (tertiary/aromatic N) is 1. The van der Waals surface area contributed by atoms with Crippen molar-refractivity contribution >= 4 is 23.4 Å². The number of hydrogen-bond acceptors (Lipinski definition) is 8. The first-order chi connectivity index (χ1) is 26.6. The minimum atomic E-state index is -1.30. The summed E-state index contributed by atoms with van der Waals surface area (Å²) in [7, 11) is 0. The van der Waals surface area contributed by atoms with Crippen molar-refractivity contribution < 1.29 is 28.6 Å². The second-order valence-corrected chi connectivity index (χ2v) is 15.3. The molecular formula is C44H45N5O6. The maximum absolute atomic E-state index is 14.7. The fourth-order valence-electron chi connectivity index (χ4n) is 8.09. The number of aliphatic hydroxyl groups is 1. The third-order valence-corrected chi connectivity index (χ3v) is 11.0. The summed E-state index contributed by atoms with van der Waals surface area (Å²) in [5, 5.41) is 23.2.